The van der Waals surface area contributed by atoms with Gasteiger partial charge >= 0.3 is 0 Å². The van der Waals surface area contributed by atoms with Crippen molar-refractivity contribution in [2.45, 2.75) is 5.60 Å². The van der Waals surface area contributed by atoms with Crippen LogP contribution < -0.4 is 10.6 Å². The first-order valence-electron chi connectivity index (χ1n) is 9.62. The number of aromatic nitrogens is 1. The van der Waals surface area contributed by atoms with Crippen LogP contribution in [-0.2, 0) is 0 Å². The van der Waals surface area contributed by atoms with Gasteiger partial charge in [-0.1, -0.05) is 6.07 Å². The van der Waals surface area contributed by atoms with E-state index in [9.17, 15) is 23.1 Å². The second-order valence-corrected chi connectivity index (χ2v) is 8.73. The van der Waals surface area contributed by atoms with Gasteiger partial charge in [0.05, 0.1) is 30.0 Å². The summed E-state index contributed by atoms with van der Waals surface area (Å²) in [6.45, 7) is 0.133. The van der Waals surface area contributed by atoms with E-state index in [2.05, 4.69) is 15.6 Å². The molecule has 1 amide bonds. The number of benzene rings is 2. The van der Waals surface area contributed by atoms with E-state index >= 15 is 0 Å². The molecule has 0 spiro atoms. The number of likely N-dealkylation sites (tertiary alicyclic amines) is 1. The maximum atomic E-state index is 14.6. The van der Waals surface area contributed by atoms with Gasteiger partial charge in [-0.25, -0.2) is 18.2 Å². The van der Waals surface area contributed by atoms with Gasteiger partial charge in [-0.05, 0) is 65.1 Å². The minimum Gasteiger partial charge on any atom is -0.384 e. The molecule has 6 nitrogen and oxygen atoms in total. The highest BCUT2D eigenvalue weighted by atomic mass is 127. The van der Waals surface area contributed by atoms with Crippen LogP contribution in [-0.4, -0.2) is 46.1 Å². The number of hydrogen-bond donors (Lipinski definition) is 3. The SMILES string of the molecule is O=C(c1ccc(F)c(F)c1Nc1ccc(I)cc1F)N1CC(O)(CNc2ccccn2)C1. The molecule has 32 heavy (non-hydrogen) atoms. The number of anilines is 3. The van der Waals surface area contributed by atoms with E-state index in [0.717, 1.165) is 12.1 Å². The van der Waals surface area contributed by atoms with Gasteiger partial charge in [-0.3, -0.25) is 4.79 Å². The molecule has 1 aliphatic heterocycles. The maximum Gasteiger partial charge on any atom is 0.256 e. The highest BCUT2D eigenvalue weighted by molar-refractivity contribution is 14.1. The predicted octanol–water partition coefficient (Wildman–Crippen LogP) is 4.15. The van der Waals surface area contributed by atoms with E-state index in [1.54, 1.807) is 30.5 Å². The van der Waals surface area contributed by atoms with Crippen molar-refractivity contribution >= 4 is 45.7 Å². The van der Waals surface area contributed by atoms with Crippen LogP contribution in [0, 0.1) is 21.0 Å². The van der Waals surface area contributed by atoms with E-state index in [0.29, 0.717) is 9.39 Å². The molecule has 1 aromatic heterocycles. The van der Waals surface area contributed by atoms with Gasteiger partial charge in [-0.15, -0.1) is 0 Å². The number of carbonyl (C=O) groups excluding carboxylic acids is 1. The van der Waals surface area contributed by atoms with Crippen molar-refractivity contribution in [3.05, 3.63) is 81.3 Å². The van der Waals surface area contributed by atoms with Crippen molar-refractivity contribution in [2.24, 2.45) is 0 Å². The lowest BCUT2D eigenvalue weighted by Gasteiger charge is -2.46. The Morgan fingerprint density at radius 2 is 1.91 bits per heavy atom. The molecule has 0 radical (unpaired) electrons. The first-order valence-corrected chi connectivity index (χ1v) is 10.7. The van der Waals surface area contributed by atoms with Gasteiger partial charge in [0, 0.05) is 16.3 Å². The molecule has 4 rings (SSSR count). The molecule has 2 aromatic carbocycles. The third-order valence-electron chi connectivity index (χ3n) is 5.04. The van der Waals surface area contributed by atoms with Crippen LogP contribution in [0.2, 0.25) is 0 Å². The second kappa shape index (κ2) is 8.94. The molecular weight excluding hydrogens is 536 g/mol. The van der Waals surface area contributed by atoms with Crippen LogP contribution in [0.4, 0.5) is 30.4 Å². The van der Waals surface area contributed by atoms with E-state index < -0.39 is 34.6 Å². The van der Waals surface area contributed by atoms with Crippen molar-refractivity contribution in [3.63, 3.8) is 0 Å². The van der Waals surface area contributed by atoms with Crippen LogP contribution in [0.5, 0.6) is 0 Å². The summed E-state index contributed by atoms with van der Waals surface area (Å²) in [5.74, 6) is -3.16. The fourth-order valence-corrected chi connectivity index (χ4v) is 3.84. The highest BCUT2D eigenvalue weighted by Crippen LogP contribution is 2.31. The van der Waals surface area contributed by atoms with E-state index in [1.165, 1.54) is 17.0 Å². The first kappa shape index (κ1) is 22.3. The second-order valence-electron chi connectivity index (χ2n) is 7.49. The largest absolute Gasteiger partial charge is 0.384 e. The van der Waals surface area contributed by atoms with Crippen LogP contribution in [0.3, 0.4) is 0 Å². The number of rotatable bonds is 6. The summed E-state index contributed by atoms with van der Waals surface area (Å²) >= 11 is 1.92. The number of β-amino-alcohol motifs (C(OH)–C–C–N with tert-alkyl or cyclic N) is 1. The summed E-state index contributed by atoms with van der Waals surface area (Å²) in [6.07, 6.45) is 1.61. The van der Waals surface area contributed by atoms with E-state index in [1.807, 2.05) is 22.6 Å². The number of nitrogens with one attached hydrogen (secondary N) is 2. The Morgan fingerprint density at radius 3 is 2.59 bits per heavy atom. The summed E-state index contributed by atoms with van der Waals surface area (Å²) in [5, 5.41) is 16.1. The predicted molar refractivity (Wildman–Crippen MR) is 122 cm³/mol. The molecule has 0 aliphatic carbocycles. The Labute approximate surface area is 195 Å². The van der Waals surface area contributed by atoms with Crippen molar-refractivity contribution in [1.82, 2.24) is 9.88 Å². The van der Waals surface area contributed by atoms with Gasteiger partial charge in [0.1, 0.15) is 17.2 Å². The molecule has 166 valence electrons. The summed E-state index contributed by atoms with van der Waals surface area (Å²) in [4.78, 5) is 18.4. The van der Waals surface area contributed by atoms with Gasteiger partial charge in [0.25, 0.3) is 5.91 Å². The third-order valence-corrected chi connectivity index (χ3v) is 5.71. The molecule has 0 bridgehead atoms. The lowest BCUT2D eigenvalue weighted by atomic mass is 9.92. The lowest BCUT2D eigenvalue weighted by Crippen LogP contribution is -2.66. The molecule has 0 saturated carbocycles. The number of nitrogens with zero attached hydrogens (tertiary/aromatic N) is 2. The highest BCUT2D eigenvalue weighted by Gasteiger charge is 2.44. The smallest absolute Gasteiger partial charge is 0.256 e. The molecule has 0 unspecified atom stereocenters. The molecule has 10 heteroatoms. The van der Waals surface area contributed by atoms with Crippen molar-refractivity contribution in [2.75, 3.05) is 30.3 Å². The van der Waals surface area contributed by atoms with Crippen LogP contribution >= 0.6 is 22.6 Å². The number of pyridine rings is 1. The van der Waals surface area contributed by atoms with Gasteiger partial charge < -0.3 is 20.6 Å². The number of amides is 1. The molecule has 3 aromatic rings. The lowest BCUT2D eigenvalue weighted by molar-refractivity contribution is -0.0707. The zero-order valence-electron chi connectivity index (χ0n) is 16.6. The van der Waals surface area contributed by atoms with E-state index in [-0.39, 0.29) is 30.9 Å². The zero-order valence-corrected chi connectivity index (χ0v) is 18.7. The molecule has 0 atom stereocenters. The Kier molecular flexibility index (Phi) is 6.24. The molecule has 1 aliphatic rings. The Hall–Kier alpha value is -2.86. The number of hydrogen-bond acceptors (Lipinski definition) is 5. The number of carbonyl (C=O) groups is 1. The Balaban J connectivity index is 1.50. The average molecular weight is 554 g/mol. The van der Waals surface area contributed by atoms with Gasteiger partial charge in [0.2, 0.25) is 0 Å². The summed E-state index contributed by atoms with van der Waals surface area (Å²) in [6, 6.07) is 11.5. The normalized spacial score (nSPS) is 14.6. The number of aliphatic hydroxyl groups is 1. The fourth-order valence-electron chi connectivity index (χ4n) is 3.39. The topological polar surface area (TPSA) is 77.5 Å². The number of halogens is 4. The van der Waals surface area contributed by atoms with Crippen molar-refractivity contribution in [1.29, 1.82) is 0 Å². The molecule has 2 heterocycles. The monoisotopic (exact) mass is 554 g/mol. The van der Waals surface area contributed by atoms with Crippen LogP contribution in [0.25, 0.3) is 0 Å². The standard InChI is InChI=1S/C22H18F3IN4O2/c23-15-6-5-14(20(19(15)25)29-17-7-4-13(26)9-16(17)24)21(31)30-11-22(32,12-30)10-28-18-3-1-2-8-27-18/h1-9,29,32H,10-12H2,(H,27,28). The summed E-state index contributed by atoms with van der Waals surface area (Å²) in [5.41, 5.74) is -1.91. The van der Waals surface area contributed by atoms with Crippen LogP contribution in [0.15, 0.2) is 54.7 Å². The summed E-state index contributed by atoms with van der Waals surface area (Å²) in [7, 11) is 0. The molecule has 1 fully saturated rings. The van der Waals surface area contributed by atoms with E-state index in [4.69, 9.17) is 0 Å². The minimum absolute atomic E-state index is 0.0119. The fraction of sp³-hybridized carbons (Fsp3) is 0.182. The Bertz CT molecular complexity index is 1160. The molecule has 1 saturated heterocycles. The van der Waals surface area contributed by atoms with Crippen LogP contribution in [0.1, 0.15) is 10.4 Å². The summed E-state index contributed by atoms with van der Waals surface area (Å²) < 4.78 is 43.3. The minimum atomic E-state index is -1.29. The van der Waals surface area contributed by atoms with Gasteiger partial charge in [-0.2, -0.15) is 0 Å². The van der Waals surface area contributed by atoms with Crippen molar-refractivity contribution < 1.29 is 23.1 Å². The zero-order chi connectivity index (χ0) is 22.9. The maximum absolute atomic E-state index is 14.6. The first-order chi connectivity index (χ1) is 15.3. The van der Waals surface area contributed by atoms with Gasteiger partial charge in [0.15, 0.2) is 11.6 Å². The molecular formula is C22H18F3IN4O2. The molecule has 3 N–H and O–H groups in total. The van der Waals surface area contributed by atoms with Crippen molar-refractivity contribution in [3.8, 4) is 0 Å². The quantitative estimate of drug-likeness (QED) is 0.400. The third kappa shape index (κ3) is 4.65. The average Bonchev–Trinajstić information content (AvgIpc) is 2.75. The Morgan fingerprint density at radius 1 is 1.12 bits per heavy atom.